The lowest BCUT2D eigenvalue weighted by Crippen LogP contribution is -2.20. The van der Waals surface area contributed by atoms with Gasteiger partial charge in [-0.15, -0.1) is 0 Å². The van der Waals surface area contributed by atoms with Gasteiger partial charge in [0.15, 0.2) is 5.82 Å². The van der Waals surface area contributed by atoms with Crippen molar-refractivity contribution in [2.24, 2.45) is 0 Å². The van der Waals surface area contributed by atoms with Crippen LogP contribution < -0.4 is 15.4 Å². The lowest BCUT2D eigenvalue weighted by molar-refractivity contribution is 0.261. The fraction of sp³-hybridized carbons (Fsp3) is 0.0556. The molecule has 0 saturated heterocycles. The van der Waals surface area contributed by atoms with E-state index in [2.05, 4.69) is 20.6 Å². The number of para-hydroxylation sites is 1. The number of rotatable bonds is 5. The SMILES string of the molecule is O=C(Nc1ccccc1)Nc1nccnc1OCc1cccc(F)c1. The topological polar surface area (TPSA) is 76.1 Å². The van der Waals surface area contributed by atoms with Crippen LogP contribution in [0.3, 0.4) is 0 Å². The van der Waals surface area contributed by atoms with E-state index in [1.54, 1.807) is 24.3 Å². The van der Waals surface area contributed by atoms with Crippen molar-refractivity contribution in [2.75, 3.05) is 10.6 Å². The van der Waals surface area contributed by atoms with Crippen LogP contribution in [0, 0.1) is 5.82 Å². The van der Waals surface area contributed by atoms with Crippen molar-refractivity contribution in [3.63, 3.8) is 0 Å². The van der Waals surface area contributed by atoms with E-state index in [4.69, 9.17) is 4.74 Å². The number of nitrogens with zero attached hydrogens (tertiary/aromatic N) is 2. The number of urea groups is 1. The second-order valence-corrected chi connectivity index (χ2v) is 5.07. The van der Waals surface area contributed by atoms with Crippen molar-refractivity contribution >= 4 is 17.5 Å². The Balaban J connectivity index is 1.65. The highest BCUT2D eigenvalue weighted by atomic mass is 19.1. The van der Waals surface area contributed by atoms with Crippen LogP contribution in [0.15, 0.2) is 67.0 Å². The third-order valence-electron chi connectivity index (χ3n) is 3.19. The van der Waals surface area contributed by atoms with Gasteiger partial charge in [-0.3, -0.25) is 5.32 Å². The second kappa shape index (κ2) is 7.87. The third kappa shape index (κ3) is 4.74. The maximum absolute atomic E-state index is 13.2. The summed E-state index contributed by atoms with van der Waals surface area (Å²) in [6, 6.07) is 14.6. The number of aromatic nitrogens is 2. The van der Waals surface area contributed by atoms with Gasteiger partial charge in [0, 0.05) is 18.1 Å². The highest BCUT2D eigenvalue weighted by Gasteiger charge is 2.11. The summed E-state index contributed by atoms with van der Waals surface area (Å²) in [4.78, 5) is 20.2. The molecular weight excluding hydrogens is 323 g/mol. The molecule has 6 nitrogen and oxygen atoms in total. The molecular formula is C18H15FN4O2. The Bertz CT molecular complexity index is 858. The number of carbonyl (C=O) groups is 1. The van der Waals surface area contributed by atoms with E-state index >= 15 is 0 Å². The first-order valence-electron chi connectivity index (χ1n) is 7.52. The third-order valence-corrected chi connectivity index (χ3v) is 3.19. The van der Waals surface area contributed by atoms with Gasteiger partial charge >= 0.3 is 6.03 Å². The molecule has 0 aliphatic heterocycles. The molecule has 126 valence electrons. The van der Waals surface area contributed by atoms with Crippen molar-refractivity contribution in [1.82, 2.24) is 9.97 Å². The van der Waals surface area contributed by atoms with Gasteiger partial charge in [0.05, 0.1) is 0 Å². The molecule has 7 heteroatoms. The molecule has 0 radical (unpaired) electrons. The summed E-state index contributed by atoms with van der Waals surface area (Å²) in [6.45, 7) is 0.103. The number of carbonyl (C=O) groups excluding carboxylic acids is 1. The van der Waals surface area contributed by atoms with Gasteiger partial charge in [0.1, 0.15) is 12.4 Å². The molecule has 0 unspecified atom stereocenters. The molecule has 0 aliphatic rings. The zero-order valence-electron chi connectivity index (χ0n) is 13.1. The van der Waals surface area contributed by atoms with Gasteiger partial charge in [-0.2, -0.15) is 0 Å². The first kappa shape index (κ1) is 16.4. The van der Waals surface area contributed by atoms with Crippen molar-refractivity contribution in [2.45, 2.75) is 6.61 Å². The fourth-order valence-corrected chi connectivity index (χ4v) is 2.09. The number of hydrogen-bond donors (Lipinski definition) is 2. The van der Waals surface area contributed by atoms with Crippen LogP contribution in [0.25, 0.3) is 0 Å². The van der Waals surface area contributed by atoms with Crippen LogP contribution in [-0.4, -0.2) is 16.0 Å². The van der Waals surface area contributed by atoms with E-state index in [0.717, 1.165) is 0 Å². The Morgan fingerprint density at radius 3 is 2.60 bits per heavy atom. The van der Waals surface area contributed by atoms with Crippen LogP contribution in [0.2, 0.25) is 0 Å². The number of hydrogen-bond acceptors (Lipinski definition) is 4. The molecule has 0 atom stereocenters. The maximum Gasteiger partial charge on any atom is 0.324 e. The molecule has 0 saturated carbocycles. The lowest BCUT2D eigenvalue weighted by atomic mass is 10.2. The minimum Gasteiger partial charge on any atom is -0.470 e. The van der Waals surface area contributed by atoms with E-state index in [-0.39, 0.29) is 24.1 Å². The molecule has 2 aromatic carbocycles. The number of nitrogens with one attached hydrogen (secondary N) is 2. The minimum absolute atomic E-state index is 0.103. The van der Waals surface area contributed by atoms with Gasteiger partial charge in [-0.25, -0.2) is 19.2 Å². The van der Waals surface area contributed by atoms with Crippen LogP contribution >= 0.6 is 0 Å². The number of amides is 2. The van der Waals surface area contributed by atoms with Gasteiger partial charge in [0.2, 0.25) is 0 Å². The fourth-order valence-electron chi connectivity index (χ4n) is 2.09. The van der Waals surface area contributed by atoms with Crippen LogP contribution in [-0.2, 0) is 6.61 Å². The zero-order chi connectivity index (χ0) is 17.5. The van der Waals surface area contributed by atoms with E-state index in [0.29, 0.717) is 11.3 Å². The average Bonchev–Trinajstić information content (AvgIpc) is 2.62. The summed E-state index contributed by atoms with van der Waals surface area (Å²) < 4.78 is 18.7. The number of ether oxygens (including phenoxy) is 1. The Hall–Kier alpha value is -3.48. The quantitative estimate of drug-likeness (QED) is 0.741. The summed E-state index contributed by atoms with van der Waals surface area (Å²) in [5.74, 6) is -0.0249. The summed E-state index contributed by atoms with van der Waals surface area (Å²) >= 11 is 0. The second-order valence-electron chi connectivity index (χ2n) is 5.07. The molecule has 0 fully saturated rings. The largest absolute Gasteiger partial charge is 0.470 e. The predicted octanol–water partition coefficient (Wildman–Crippen LogP) is 3.84. The standard InChI is InChI=1S/C18H15FN4O2/c19-14-6-4-5-13(11-14)12-25-17-16(20-9-10-21-17)23-18(24)22-15-7-2-1-3-8-15/h1-11H,12H2,(H2,20,22,23,24). The Labute approximate surface area is 143 Å². The molecule has 2 amide bonds. The average molecular weight is 338 g/mol. The number of halogens is 1. The summed E-state index contributed by atoms with van der Waals surface area (Å²) in [6.07, 6.45) is 2.88. The Morgan fingerprint density at radius 1 is 1.00 bits per heavy atom. The monoisotopic (exact) mass is 338 g/mol. The molecule has 3 rings (SSSR count). The highest BCUT2D eigenvalue weighted by Crippen LogP contribution is 2.19. The Morgan fingerprint density at radius 2 is 1.80 bits per heavy atom. The van der Waals surface area contributed by atoms with Crippen LogP contribution in [0.5, 0.6) is 5.88 Å². The van der Waals surface area contributed by atoms with Gasteiger partial charge in [-0.05, 0) is 29.8 Å². The molecule has 0 spiro atoms. The molecule has 0 aliphatic carbocycles. The molecule has 25 heavy (non-hydrogen) atoms. The highest BCUT2D eigenvalue weighted by molar-refractivity contribution is 5.99. The van der Waals surface area contributed by atoms with Crippen molar-refractivity contribution in [1.29, 1.82) is 0 Å². The first-order chi connectivity index (χ1) is 12.2. The van der Waals surface area contributed by atoms with Gasteiger partial charge in [0.25, 0.3) is 5.88 Å². The molecule has 2 N–H and O–H groups in total. The van der Waals surface area contributed by atoms with Gasteiger partial charge < -0.3 is 10.1 Å². The van der Waals surface area contributed by atoms with E-state index in [1.165, 1.54) is 24.5 Å². The zero-order valence-corrected chi connectivity index (χ0v) is 13.1. The van der Waals surface area contributed by atoms with Crippen molar-refractivity contribution < 1.29 is 13.9 Å². The summed E-state index contributed by atoms with van der Waals surface area (Å²) in [7, 11) is 0. The van der Waals surface area contributed by atoms with E-state index in [9.17, 15) is 9.18 Å². The van der Waals surface area contributed by atoms with Gasteiger partial charge in [-0.1, -0.05) is 30.3 Å². The number of benzene rings is 2. The number of anilines is 2. The lowest BCUT2D eigenvalue weighted by Gasteiger charge is -2.11. The van der Waals surface area contributed by atoms with E-state index in [1.807, 2.05) is 18.2 Å². The smallest absolute Gasteiger partial charge is 0.324 e. The maximum atomic E-state index is 13.2. The predicted molar refractivity (Wildman–Crippen MR) is 91.8 cm³/mol. The molecule has 1 aromatic heterocycles. The van der Waals surface area contributed by atoms with Crippen molar-refractivity contribution in [3.8, 4) is 5.88 Å². The summed E-state index contributed by atoms with van der Waals surface area (Å²) in [5.41, 5.74) is 1.29. The van der Waals surface area contributed by atoms with Crippen LogP contribution in [0.4, 0.5) is 20.7 Å². The first-order valence-corrected chi connectivity index (χ1v) is 7.52. The summed E-state index contributed by atoms with van der Waals surface area (Å²) in [5, 5.41) is 5.26. The van der Waals surface area contributed by atoms with E-state index < -0.39 is 6.03 Å². The van der Waals surface area contributed by atoms with Crippen LogP contribution in [0.1, 0.15) is 5.56 Å². The molecule has 3 aromatic rings. The normalized spacial score (nSPS) is 10.1. The van der Waals surface area contributed by atoms with Crippen molar-refractivity contribution in [3.05, 3.63) is 78.4 Å². The minimum atomic E-state index is -0.470. The Kier molecular flexibility index (Phi) is 5.16. The molecule has 0 bridgehead atoms. The molecule has 1 heterocycles.